The number of allylic oxidation sites excluding steroid dienone is 2. The maximum absolute atomic E-state index is 10.3. The van der Waals surface area contributed by atoms with Gasteiger partial charge in [-0.3, -0.25) is 10.2 Å². The molecule has 0 amide bonds. The van der Waals surface area contributed by atoms with E-state index in [0.717, 1.165) is 18.4 Å². The van der Waals surface area contributed by atoms with Crippen LogP contribution in [0.1, 0.15) is 26.7 Å². The zero-order chi connectivity index (χ0) is 8.27. The maximum atomic E-state index is 10.3. The molecular weight excluding hydrogens is 140 g/mol. The van der Waals surface area contributed by atoms with Crippen molar-refractivity contribution in [2.24, 2.45) is 5.10 Å². The van der Waals surface area contributed by atoms with Crippen molar-refractivity contribution in [3.63, 3.8) is 0 Å². The van der Waals surface area contributed by atoms with Gasteiger partial charge in [-0.25, -0.2) is 0 Å². The Hall–Kier alpha value is -1.12. The van der Waals surface area contributed by atoms with Gasteiger partial charge >= 0.3 is 0 Å². The lowest BCUT2D eigenvalue weighted by Gasteiger charge is -2.14. The molecule has 0 aromatic carbocycles. The molecule has 0 spiro atoms. The van der Waals surface area contributed by atoms with E-state index in [1.54, 1.807) is 0 Å². The summed E-state index contributed by atoms with van der Waals surface area (Å²) < 4.78 is 0. The third kappa shape index (κ3) is 1.67. The number of nitrogens with zero attached hydrogens (tertiary/aromatic N) is 1. The first kappa shape index (κ1) is 7.98. The lowest BCUT2D eigenvalue weighted by Crippen LogP contribution is -2.18. The fourth-order valence-electron chi connectivity index (χ4n) is 1.08. The summed E-state index contributed by atoms with van der Waals surface area (Å²) in [6, 6.07) is 0. The highest BCUT2D eigenvalue weighted by Gasteiger charge is 2.09. The van der Waals surface area contributed by atoms with Gasteiger partial charge in [-0.2, -0.15) is 5.10 Å². The smallest absolute Gasteiger partial charge is 0.166 e. The first-order valence-corrected chi connectivity index (χ1v) is 3.74. The van der Waals surface area contributed by atoms with Gasteiger partial charge in [-0.15, -0.1) is 0 Å². The van der Waals surface area contributed by atoms with E-state index in [9.17, 15) is 4.79 Å². The van der Waals surface area contributed by atoms with E-state index in [0.29, 0.717) is 12.1 Å². The lowest BCUT2D eigenvalue weighted by atomic mass is 10.0. The third-order valence-corrected chi connectivity index (χ3v) is 1.85. The standard InChI is InChI=1S/C8H12N2O/c1-3-7-4-8(5-11)10-9-6(7)2/h5,9H,3-4H2,1-2H3. The molecule has 1 aliphatic heterocycles. The summed E-state index contributed by atoms with van der Waals surface area (Å²) in [5.74, 6) is 0. The van der Waals surface area contributed by atoms with Crippen molar-refractivity contribution in [1.82, 2.24) is 5.43 Å². The van der Waals surface area contributed by atoms with Gasteiger partial charge in [0.1, 0.15) is 5.71 Å². The maximum Gasteiger partial charge on any atom is 0.166 e. The Morgan fingerprint density at radius 2 is 2.45 bits per heavy atom. The zero-order valence-corrected chi connectivity index (χ0v) is 6.85. The average molecular weight is 152 g/mol. The van der Waals surface area contributed by atoms with E-state index in [-0.39, 0.29) is 0 Å². The molecule has 1 N–H and O–H groups in total. The van der Waals surface area contributed by atoms with Crippen LogP contribution in [-0.2, 0) is 4.79 Å². The van der Waals surface area contributed by atoms with Gasteiger partial charge in [0.15, 0.2) is 6.29 Å². The van der Waals surface area contributed by atoms with Crippen molar-refractivity contribution >= 4 is 12.0 Å². The van der Waals surface area contributed by atoms with Crippen molar-refractivity contribution in [3.8, 4) is 0 Å². The van der Waals surface area contributed by atoms with Crippen LogP contribution in [0.3, 0.4) is 0 Å². The first-order chi connectivity index (χ1) is 5.27. The molecule has 0 fully saturated rings. The van der Waals surface area contributed by atoms with Gasteiger partial charge in [0.25, 0.3) is 0 Å². The second-order valence-electron chi connectivity index (χ2n) is 2.59. The number of hydrogen-bond acceptors (Lipinski definition) is 3. The van der Waals surface area contributed by atoms with Crippen LogP contribution in [0.25, 0.3) is 0 Å². The van der Waals surface area contributed by atoms with Crippen molar-refractivity contribution in [2.45, 2.75) is 26.7 Å². The quantitative estimate of drug-likeness (QED) is 0.604. The number of rotatable bonds is 2. The van der Waals surface area contributed by atoms with Gasteiger partial charge in [-0.05, 0) is 18.9 Å². The van der Waals surface area contributed by atoms with E-state index in [4.69, 9.17) is 0 Å². The molecule has 3 nitrogen and oxygen atoms in total. The van der Waals surface area contributed by atoms with Crippen LogP contribution < -0.4 is 5.43 Å². The van der Waals surface area contributed by atoms with E-state index >= 15 is 0 Å². The normalized spacial score (nSPS) is 17.5. The molecule has 1 heterocycles. The molecule has 0 atom stereocenters. The number of hydrazone groups is 1. The van der Waals surface area contributed by atoms with E-state index in [1.165, 1.54) is 5.57 Å². The fraction of sp³-hybridized carbons (Fsp3) is 0.500. The molecular formula is C8H12N2O. The molecule has 0 aromatic rings. The summed E-state index contributed by atoms with van der Waals surface area (Å²) in [4.78, 5) is 10.3. The van der Waals surface area contributed by atoms with Gasteiger partial charge in [0.2, 0.25) is 0 Å². The number of aldehydes is 1. The Morgan fingerprint density at radius 3 is 3.00 bits per heavy atom. The summed E-state index contributed by atoms with van der Waals surface area (Å²) >= 11 is 0. The van der Waals surface area contributed by atoms with Crippen LogP contribution in [-0.4, -0.2) is 12.0 Å². The van der Waals surface area contributed by atoms with Crippen LogP contribution in [0, 0.1) is 0 Å². The fourth-order valence-corrected chi connectivity index (χ4v) is 1.08. The average Bonchev–Trinajstić information content (AvgIpc) is 2.05. The summed E-state index contributed by atoms with van der Waals surface area (Å²) in [6.45, 7) is 4.05. The Labute approximate surface area is 66.2 Å². The molecule has 1 aliphatic rings. The highest BCUT2D eigenvalue weighted by Crippen LogP contribution is 2.14. The summed E-state index contributed by atoms with van der Waals surface area (Å²) in [6.07, 6.45) is 2.49. The number of nitrogens with one attached hydrogen (secondary N) is 1. The molecule has 1 rings (SSSR count). The number of hydrogen-bond donors (Lipinski definition) is 1. The Morgan fingerprint density at radius 1 is 1.73 bits per heavy atom. The summed E-state index contributed by atoms with van der Waals surface area (Å²) in [5.41, 5.74) is 5.76. The van der Waals surface area contributed by atoms with Gasteiger partial charge in [-0.1, -0.05) is 6.92 Å². The van der Waals surface area contributed by atoms with Crippen molar-refractivity contribution in [2.75, 3.05) is 0 Å². The minimum Gasteiger partial charge on any atom is -0.296 e. The Bertz CT molecular complexity index is 228. The predicted octanol–water partition coefficient (Wildman–Crippen LogP) is 1.22. The molecule has 60 valence electrons. The summed E-state index contributed by atoms with van der Waals surface area (Å²) in [7, 11) is 0. The third-order valence-electron chi connectivity index (χ3n) is 1.85. The zero-order valence-electron chi connectivity index (χ0n) is 6.85. The molecule has 3 heteroatoms. The van der Waals surface area contributed by atoms with Crippen LogP contribution >= 0.6 is 0 Å². The number of carbonyl (C=O) groups is 1. The lowest BCUT2D eigenvalue weighted by molar-refractivity contribution is -0.102. The minimum absolute atomic E-state index is 0.590. The topological polar surface area (TPSA) is 41.5 Å². The molecule has 0 saturated heterocycles. The van der Waals surface area contributed by atoms with Crippen LogP contribution in [0.5, 0.6) is 0 Å². The summed E-state index contributed by atoms with van der Waals surface area (Å²) in [5, 5.41) is 3.87. The molecule has 0 unspecified atom stereocenters. The van der Waals surface area contributed by atoms with Crippen LogP contribution in [0.4, 0.5) is 0 Å². The molecule has 0 aliphatic carbocycles. The van der Waals surface area contributed by atoms with E-state index in [2.05, 4.69) is 17.5 Å². The largest absolute Gasteiger partial charge is 0.296 e. The second kappa shape index (κ2) is 3.32. The van der Waals surface area contributed by atoms with Crippen LogP contribution in [0.2, 0.25) is 0 Å². The van der Waals surface area contributed by atoms with Crippen molar-refractivity contribution in [1.29, 1.82) is 0 Å². The monoisotopic (exact) mass is 152 g/mol. The molecule has 0 bridgehead atoms. The predicted molar refractivity (Wildman–Crippen MR) is 44.2 cm³/mol. The van der Waals surface area contributed by atoms with Crippen molar-refractivity contribution in [3.05, 3.63) is 11.3 Å². The van der Waals surface area contributed by atoms with Crippen LogP contribution in [0.15, 0.2) is 16.4 Å². The molecule has 0 radical (unpaired) electrons. The molecule has 0 saturated carbocycles. The Kier molecular flexibility index (Phi) is 2.41. The molecule has 11 heavy (non-hydrogen) atoms. The van der Waals surface area contributed by atoms with E-state index < -0.39 is 0 Å². The SMILES string of the molecule is CCC1=C(C)NN=C(C=O)C1. The second-order valence-corrected chi connectivity index (χ2v) is 2.59. The molecule has 0 aromatic heterocycles. The van der Waals surface area contributed by atoms with Gasteiger partial charge < -0.3 is 0 Å². The highest BCUT2D eigenvalue weighted by molar-refractivity contribution is 6.29. The first-order valence-electron chi connectivity index (χ1n) is 3.74. The van der Waals surface area contributed by atoms with Gasteiger partial charge in [0.05, 0.1) is 0 Å². The highest BCUT2D eigenvalue weighted by atomic mass is 16.1. The number of carbonyl (C=O) groups excluding carboxylic acids is 1. The Balaban J connectivity index is 2.72. The van der Waals surface area contributed by atoms with Gasteiger partial charge in [0, 0.05) is 12.1 Å². The van der Waals surface area contributed by atoms with E-state index in [1.807, 2.05) is 6.92 Å². The minimum atomic E-state index is 0.590. The van der Waals surface area contributed by atoms with Crippen molar-refractivity contribution < 1.29 is 4.79 Å².